The molecule has 0 bridgehead atoms. The van der Waals surface area contributed by atoms with Gasteiger partial charge in [0.25, 0.3) is 0 Å². The van der Waals surface area contributed by atoms with Crippen LogP contribution in [0.15, 0.2) is 0 Å². The standard InChI is InChI=1S/C15H31NOS/c1-5-9-16-15(11-17)8-6-7-14(10-15)18-13(4)12(2)3/h12-14,16-17H,5-11H2,1-4H3. The van der Waals surface area contributed by atoms with Gasteiger partial charge in [0.05, 0.1) is 6.61 Å². The zero-order chi connectivity index (χ0) is 13.6. The van der Waals surface area contributed by atoms with Gasteiger partial charge in [-0.05, 0) is 38.1 Å². The molecule has 0 heterocycles. The molecule has 108 valence electrons. The van der Waals surface area contributed by atoms with Crippen molar-refractivity contribution in [1.82, 2.24) is 5.32 Å². The Hall–Kier alpha value is 0.270. The lowest BCUT2D eigenvalue weighted by molar-refractivity contribution is 0.124. The molecular weight excluding hydrogens is 242 g/mol. The van der Waals surface area contributed by atoms with Crippen LogP contribution >= 0.6 is 11.8 Å². The van der Waals surface area contributed by atoms with Crippen molar-refractivity contribution in [2.24, 2.45) is 5.92 Å². The van der Waals surface area contributed by atoms with E-state index in [2.05, 4.69) is 44.8 Å². The van der Waals surface area contributed by atoms with Gasteiger partial charge < -0.3 is 10.4 Å². The molecule has 2 nitrogen and oxygen atoms in total. The van der Waals surface area contributed by atoms with Gasteiger partial charge in [-0.15, -0.1) is 0 Å². The van der Waals surface area contributed by atoms with Crippen molar-refractivity contribution in [1.29, 1.82) is 0 Å². The van der Waals surface area contributed by atoms with Crippen LogP contribution < -0.4 is 5.32 Å². The van der Waals surface area contributed by atoms with Crippen LogP contribution in [0.3, 0.4) is 0 Å². The predicted molar refractivity (Wildman–Crippen MR) is 82.3 cm³/mol. The van der Waals surface area contributed by atoms with E-state index in [0.29, 0.717) is 11.9 Å². The second-order valence-electron chi connectivity index (χ2n) is 6.17. The van der Waals surface area contributed by atoms with Gasteiger partial charge in [0.2, 0.25) is 0 Å². The second-order valence-corrected chi connectivity index (χ2v) is 7.85. The number of aliphatic hydroxyl groups is 1. The molecule has 0 aromatic carbocycles. The van der Waals surface area contributed by atoms with Crippen LogP contribution in [0.1, 0.15) is 59.8 Å². The molecule has 0 aromatic rings. The number of rotatable bonds is 7. The van der Waals surface area contributed by atoms with E-state index in [9.17, 15) is 5.11 Å². The Bertz CT molecular complexity index is 235. The Morgan fingerprint density at radius 3 is 2.67 bits per heavy atom. The minimum absolute atomic E-state index is 0.00261. The number of hydrogen-bond donors (Lipinski definition) is 2. The van der Waals surface area contributed by atoms with E-state index in [4.69, 9.17) is 0 Å². The van der Waals surface area contributed by atoms with Crippen molar-refractivity contribution in [2.75, 3.05) is 13.2 Å². The average Bonchev–Trinajstić information content (AvgIpc) is 2.36. The zero-order valence-corrected chi connectivity index (χ0v) is 13.4. The molecule has 0 spiro atoms. The molecule has 0 saturated heterocycles. The molecule has 2 N–H and O–H groups in total. The molecule has 0 aliphatic heterocycles. The summed E-state index contributed by atoms with van der Waals surface area (Å²) in [6.45, 7) is 10.4. The average molecular weight is 273 g/mol. The normalized spacial score (nSPS) is 30.7. The lowest BCUT2D eigenvalue weighted by Gasteiger charge is -2.41. The van der Waals surface area contributed by atoms with Crippen molar-refractivity contribution >= 4 is 11.8 Å². The highest BCUT2D eigenvalue weighted by molar-refractivity contribution is 8.00. The predicted octanol–water partition coefficient (Wildman–Crippen LogP) is 3.44. The van der Waals surface area contributed by atoms with Gasteiger partial charge in [-0.3, -0.25) is 0 Å². The van der Waals surface area contributed by atoms with Gasteiger partial charge in [-0.25, -0.2) is 0 Å². The molecule has 1 fully saturated rings. The topological polar surface area (TPSA) is 32.3 Å². The highest BCUT2D eigenvalue weighted by Crippen LogP contribution is 2.38. The summed E-state index contributed by atoms with van der Waals surface area (Å²) in [6.07, 6.45) is 5.97. The molecule has 3 heteroatoms. The third-order valence-corrected chi connectivity index (χ3v) is 5.96. The summed E-state index contributed by atoms with van der Waals surface area (Å²) in [5.74, 6) is 0.740. The Kier molecular flexibility index (Phi) is 7.04. The van der Waals surface area contributed by atoms with Gasteiger partial charge >= 0.3 is 0 Å². The molecule has 18 heavy (non-hydrogen) atoms. The van der Waals surface area contributed by atoms with Crippen LogP contribution in [0.4, 0.5) is 0 Å². The third-order valence-electron chi connectivity index (χ3n) is 4.20. The fourth-order valence-corrected chi connectivity index (χ4v) is 4.27. The second kappa shape index (κ2) is 7.76. The molecule has 1 aliphatic carbocycles. The minimum atomic E-state index is 0.00261. The molecule has 0 radical (unpaired) electrons. The van der Waals surface area contributed by atoms with Crippen molar-refractivity contribution in [3.8, 4) is 0 Å². The highest BCUT2D eigenvalue weighted by Gasteiger charge is 2.36. The zero-order valence-electron chi connectivity index (χ0n) is 12.5. The number of thioether (sulfide) groups is 1. The van der Waals surface area contributed by atoms with Gasteiger partial charge in [0.15, 0.2) is 0 Å². The summed E-state index contributed by atoms with van der Waals surface area (Å²) in [6, 6.07) is 0. The van der Waals surface area contributed by atoms with E-state index in [0.717, 1.165) is 37.0 Å². The lowest BCUT2D eigenvalue weighted by atomic mass is 9.82. The van der Waals surface area contributed by atoms with E-state index >= 15 is 0 Å². The Morgan fingerprint density at radius 2 is 2.11 bits per heavy atom. The first-order chi connectivity index (χ1) is 8.53. The van der Waals surface area contributed by atoms with Crippen LogP contribution in [0.5, 0.6) is 0 Å². The summed E-state index contributed by atoms with van der Waals surface area (Å²) in [7, 11) is 0. The van der Waals surface area contributed by atoms with E-state index in [1.165, 1.54) is 12.8 Å². The summed E-state index contributed by atoms with van der Waals surface area (Å²) in [5.41, 5.74) is 0.00261. The van der Waals surface area contributed by atoms with E-state index in [1.807, 2.05) is 0 Å². The number of nitrogens with one attached hydrogen (secondary N) is 1. The number of aliphatic hydroxyl groups excluding tert-OH is 1. The Labute approximate surface area is 117 Å². The van der Waals surface area contributed by atoms with Gasteiger partial charge in [0.1, 0.15) is 0 Å². The summed E-state index contributed by atoms with van der Waals surface area (Å²) >= 11 is 2.13. The quantitative estimate of drug-likeness (QED) is 0.745. The van der Waals surface area contributed by atoms with Gasteiger partial charge in [-0.1, -0.05) is 34.1 Å². The monoisotopic (exact) mass is 273 g/mol. The Balaban J connectivity index is 2.52. The molecule has 3 atom stereocenters. The van der Waals surface area contributed by atoms with E-state index in [1.54, 1.807) is 0 Å². The van der Waals surface area contributed by atoms with Crippen LogP contribution in [0.25, 0.3) is 0 Å². The fourth-order valence-electron chi connectivity index (χ4n) is 2.64. The summed E-state index contributed by atoms with van der Waals surface area (Å²) in [4.78, 5) is 0. The maximum atomic E-state index is 9.76. The molecule has 0 aromatic heterocycles. The molecule has 3 unspecified atom stereocenters. The van der Waals surface area contributed by atoms with Gasteiger partial charge in [-0.2, -0.15) is 11.8 Å². The van der Waals surface area contributed by atoms with E-state index < -0.39 is 0 Å². The summed E-state index contributed by atoms with van der Waals surface area (Å²) < 4.78 is 0. The molecule has 1 aliphatic rings. The first kappa shape index (κ1) is 16.3. The molecule has 0 amide bonds. The molecule has 1 rings (SSSR count). The third kappa shape index (κ3) is 4.75. The smallest absolute Gasteiger partial charge is 0.0613 e. The first-order valence-electron chi connectivity index (χ1n) is 7.54. The van der Waals surface area contributed by atoms with Crippen molar-refractivity contribution in [2.45, 2.75) is 75.8 Å². The van der Waals surface area contributed by atoms with Gasteiger partial charge in [0, 0.05) is 16.0 Å². The van der Waals surface area contributed by atoms with Crippen LogP contribution in [0, 0.1) is 5.92 Å². The highest BCUT2D eigenvalue weighted by atomic mass is 32.2. The number of hydrogen-bond acceptors (Lipinski definition) is 3. The maximum Gasteiger partial charge on any atom is 0.0613 e. The molecule has 1 saturated carbocycles. The first-order valence-corrected chi connectivity index (χ1v) is 8.48. The van der Waals surface area contributed by atoms with Crippen LogP contribution in [0.2, 0.25) is 0 Å². The lowest BCUT2D eigenvalue weighted by Crippen LogP contribution is -2.52. The largest absolute Gasteiger partial charge is 0.394 e. The van der Waals surface area contributed by atoms with Crippen LogP contribution in [-0.4, -0.2) is 34.3 Å². The van der Waals surface area contributed by atoms with Crippen molar-refractivity contribution < 1.29 is 5.11 Å². The maximum absolute atomic E-state index is 9.76. The van der Waals surface area contributed by atoms with Crippen LogP contribution in [-0.2, 0) is 0 Å². The summed E-state index contributed by atoms with van der Waals surface area (Å²) in [5, 5.41) is 14.8. The minimum Gasteiger partial charge on any atom is -0.394 e. The van der Waals surface area contributed by atoms with Crippen molar-refractivity contribution in [3.63, 3.8) is 0 Å². The SMILES string of the molecule is CCCNC1(CO)CCCC(SC(C)C(C)C)C1. The molecular formula is C15H31NOS. The Morgan fingerprint density at radius 1 is 1.39 bits per heavy atom. The fraction of sp³-hybridized carbons (Fsp3) is 1.00. The van der Waals surface area contributed by atoms with E-state index in [-0.39, 0.29) is 5.54 Å². The van der Waals surface area contributed by atoms with Crippen molar-refractivity contribution in [3.05, 3.63) is 0 Å².